The molecule has 3 heteroatoms. The third-order valence-electron chi connectivity index (χ3n) is 2.91. The summed E-state index contributed by atoms with van der Waals surface area (Å²) in [6.07, 6.45) is 2.58. The van der Waals surface area contributed by atoms with Crippen molar-refractivity contribution in [1.29, 1.82) is 0 Å². The average Bonchev–Trinajstić information content (AvgIpc) is 2.30. The van der Waals surface area contributed by atoms with Crippen molar-refractivity contribution >= 4 is 11.6 Å². The van der Waals surface area contributed by atoms with Gasteiger partial charge in [0.2, 0.25) is 5.91 Å². The lowest BCUT2D eigenvalue weighted by Crippen LogP contribution is -2.48. The van der Waals surface area contributed by atoms with Gasteiger partial charge in [-0.25, -0.2) is 0 Å². The monoisotopic (exact) mass is 234 g/mol. The Bertz CT molecular complexity index is 368. The maximum Gasteiger partial charge on any atom is 0.244 e. The first-order valence-electron chi connectivity index (χ1n) is 6.19. The second-order valence-corrected chi connectivity index (χ2v) is 4.67. The summed E-state index contributed by atoms with van der Waals surface area (Å²) in [6, 6.07) is 7.87. The molecule has 0 heterocycles. The maximum atomic E-state index is 11.9. The van der Waals surface area contributed by atoms with E-state index in [0.717, 1.165) is 18.5 Å². The number of hydrogen-bond acceptors (Lipinski definition) is 2. The lowest BCUT2D eigenvalue weighted by atomic mass is 9.96. The molecule has 17 heavy (non-hydrogen) atoms. The Morgan fingerprint density at radius 1 is 1.29 bits per heavy atom. The number of carbonyl (C=O) groups excluding carboxylic acids is 1. The molecule has 0 fully saturated rings. The van der Waals surface area contributed by atoms with E-state index in [4.69, 9.17) is 5.73 Å². The van der Waals surface area contributed by atoms with Crippen LogP contribution < -0.4 is 11.1 Å². The molecule has 3 nitrogen and oxygen atoms in total. The van der Waals surface area contributed by atoms with Gasteiger partial charge in [-0.1, -0.05) is 32.4 Å². The standard InChI is InChI=1S/C14H22N2O/c1-4-10-14(3,15)13(17)16-12-8-6-11(5-2)7-9-12/h6-9H,4-5,10,15H2,1-3H3,(H,16,17). The smallest absolute Gasteiger partial charge is 0.244 e. The molecule has 0 saturated heterocycles. The molecule has 0 spiro atoms. The Kier molecular flexibility index (Phi) is 4.70. The Balaban J connectivity index is 2.67. The van der Waals surface area contributed by atoms with Crippen molar-refractivity contribution in [2.75, 3.05) is 5.32 Å². The number of carbonyl (C=O) groups is 1. The molecule has 1 amide bonds. The number of nitrogens with one attached hydrogen (secondary N) is 1. The zero-order chi connectivity index (χ0) is 12.9. The topological polar surface area (TPSA) is 55.1 Å². The van der Waals surface area contributed by atoms with Gasteiger partial charge in [0, 0.05) is 5.69 Å². The number of amides is 1. The fraction of sp³-hybridized carbons (Fsp3) is 0.500. The van der Waals surface area contributed by atoms with Gasteiger partial charge in [0.05, 0.1) is 5.54 Å². The summed E-state index contributed by atoms with van der Waals surface area (Å²) in [5, 5.41) is 2.85. The van der Waals surface area contributed by atoms with E-state index in [1.54, 1.807) is 6.92 Å². The summed E-state index contributed by atoms with van der Waals surface area (Å²) in [5.74, 6) is -0.122. The van der Waals surface area contributed by atoms with Crippen molar-refractivity contribution in [3.8, 4) is 0 Å². The highest BCUT2D eigenvalue weighted by Gasteiger charge is 2.26. The van der Waals surface area contributed by atoms with Crippen molar-refractivity contribution in [3.63, 3.8) is 0 Å². The second kappa shape index (κ2) is 5.82. The number of benzene rings is 1. The van der Waals surface area contributed by atoms with Gasteiger partial charge < -0.3 is 11.1 Å². The first-order chi connectivity index (χ1) is 7.99. The quantitative estimate of drug-likeness (QED) is 0.823. The Labute approximate surface area is 103 Å². The first-order valence-corrected chi connectivity index (χ1v) is 6.19. The van der Waals surface area contributed by atoms with Crippen LogP contribution in [0, 0.1) is 0 Å². The predicted molar refractivity (Wildman–Crippen MR) is 72.0 cm³/mol. The third-order valence-corrected chi connectivity index (χ3v) is 2.91. The molecule has 1 unspecified atom stereocenters. The average molecular weight is 234 g/mol. The van der Waals surface area contributed by atoms with E-state index < -0.39 is 5.54 Å². The van der Waals surface area contributed by atoms with Crippen LogP contribution >= 0.6 is 0 Å². The summed E-state index contributed by atoms with van der Waals surface area (Å²) in [4.78, 5) is 11.9. The molecule has 0 saturated carbocycles. The van der Waals surface area contributed by atoms with Crippen LogP contribution in [0.25, 0.3) is 0 Å². The van der Waals surface area contributed by atoms with Crippen LogP contribution in [0.2, 0.25) is 0 Å². The minimum atomic E-state index is -0.793. The van der Waals surface area contributed by atoms with Crippen LogP contribution in [0.5, 0.6) is 0 Å². The van der Waals surface area contributed by atoms with E-state index in [9.17, 15) is 4.79 Å². The molecule has 0 aliphatic carbocycles. The molecule has 1 atom stereocenters. The largest absolute Gasteiger partial charge is 0.325 e. The van der Waals surface area contributed by atoms with Crippen LogP contribution in [-0.4, -0.2) is 11.4 Å². The van der Waals surface area contributed by atoms with Gasteiger partial charge in [-0.15, -0.1) is 0 Å². The highest BCUT2D eigenvalue weighted by atomic mass is 16.2. The third kappa shape index (κ3) is 3.86. The number of aryl methyl sites for hydroxylation is 1. The SMILES string of the molecule is CCCC(C)(N)C(=O)Nc1ccc(CC)cc1. The lowest BCUT2D eigenvalue weighted by molar-refractivity contribution is -0.120. The highest BCUT2D eigenvalue weighted by molar-refractivity contribution is 5.97. The van der Waals surface area contributed by atoms with Crippen LogP contribution in [0.3, 0.4) is 0 Å². The van der Waals surface area contributed by atoms with E-state index >= 15 is 0 Å². The lowest BCUT2D eigenvalue weighted by Gasteiger charge is -2.22. The van der Waals surface area contributed by atoms with E-state index in [2.05, 4.69) is 12.2 Å². The number of rotatable bonds is 5. The van der Waals surface area contributed by atoms with Gasteiger partial charge in [0.15, 0.2) is 0 Å². The Hall–Kier alpha value is -1.35. The summed E-state index contributed by atoms with van der Waals surface area (Å²) in [7, 11) is 0. The fourth-order valence-electron chi connectivity index (χ4n) is 1.73. The van der Waals surface area contributed by atoms with Gasteiger partial charge in [0.1, 0.15) is 0 Å². The van der Waals surface area contributed by atoms with Crippen LogP contribution in [0.15, 0.2) is 24.3 Å². The molecule has 1 aromatic carbocycles. The zero-order valence-corrected chi connectivity index (χ0v) is 10.9. The van der Waals surface area contributed by atoms with Crippen molar-refractivity contribution < 1.29 is 4.79 Å². The van der Waals surface area contributed by atoms with Crippen LogP contribution in [0.4, 0.5) is 5.69 Å². The van der Waals surface area contributed by atoms with Crippen LogP contribution in [-0.2, 0) is 11.2 Å². The minimum Gasteiger partial charge on any atom is -0.325 e. The minimum absolute atomic E-state index is 0.122. The fourth-order valence-corrected chi connectivity index (χ4v) is 1.73. The summed E-state index contributed by atoms with van der Waals surface area (Å²) in [5.41, 5.74) is 7.23. The first kappa shape index (κ1) is 13.7. The van der Waals surface area contributed by atoms with Crippen molar-refractivity contribution in [2.45, 2.75) is 45.6 Å². The van der Waals surface area contributed by atoms with Crippen molar-refractivity contribution in [2.24, 2.45) is 5.73 Å². The molecule has 0 radical (unpaired) electrons. The van der Waals surface area contributed by atoms with Crippen molar-refractivity contribution in [3.05, 3.63) is 29.8 Å². The van der Waals surface area contributed by atoms with Gasteiger partial charge in [-0.05, 0) is 37.5 Å². The number of nitrogens with two attached hydrogens (primary N) is 1. The number of hydrogen-bond donors (Lipinski definition) is 2. The molecule has 0 bridgehead atoms. The van der Waals surface area contributed by atoms with Gasteiger partial charge in [-0.3, -0.25) is 4.79 Å². The number of anilines is 1. The molecule has 0 aliphatic rings. The zero-order valence-electron chi connectivity index (χ0n) is 10.9. The summed E-state index contributed by atoms with van der Waals surface area (Å²) in [6.45, 7) is 5.90. The molecular formula is C14H22N2O. The molecule has 1 aromatic rings. The molecule has 3 N–H and O–H groups in total. The molecule has 0 aliphatic heterocycles. The second-order valence-electron chi connectivity index (χ2n) is 4.67. The van der Waals surface area contributed by atoms with E-state index in [1.165, 1.54) is 5.56 Å². The van der Waals surface area contributed by atoms with Gasteiger partial charge in [-0.2, -0.15) is 0 Å². The van der Waals surface area contributed by atoms with Gasteiger partial charge >= 0.3 is 0 Å². The van der Waals surface area contributed by atoms with Gasteiger partial charge in [0.25, 0.3) is 0 Å². The molecule has 1 rings (SSSR count). The summed E-state index contributed by atoms with van der Waals surface area (Å²) < 4.78 is 0. The molecule has 0 aromatic heterocycles. The van der Waals surface area contributed by atoms with Crippen LogP contribution in [0.1, 0.15) is 39.2 Å². The highest BCUT2D eigenvalue weighted by Crippen LogP contribution is 2.14. The Morgan fingerprint density at radius 2 is 1.88 bits per heavy atom. The molecule has 94 valence electrons. The van der Waals surface area contributed by atoms with E-state index in [-0.39, 0.29) is 5.91 Å². The summed E-state index contributed by atoms with van der Waals surface area (Å²) >= 11 is 0. The normalized spacial score (nSPS) is 14.1. The Morgan fingerprint density at radius 3 is 2.35 bits per heavy atom. The van der Waals surface area contributed by atoms with E-state index in [0.29, 0.717) is 6.42 Å². The molecular weight excluding hydrogens is 212 g/mol. The predicted octanol–water partition coefficient (Wildman–Crippen LogP) is 2.71. The van der Waals surface area contributed by atoms with E-state index in [1.807, 2.05) is 31.2 Å². The van der Waals surface area contributed by atoms with Crippen molar-refractivity contribution in [1.82, 2.24) is 0 Å². The maximum absolute atomic E-state index is 11.9.